The number of likely N-dealkylation sites (tertiary alicyclic amines) is 1. The molecule has 0 saturated carbocycles. The Hall–Kier alpha value is -0.150. The van der Waals surface area contributed by atoms with Gasteiger partial charge in [0.25, 0.3) is 0 Å². The van der Waals surface area contributed by atoms with Gasteiger partial charge in [-0.05, 0) is 7.05 Å². The maximum absolute atomic E-state index is 13.5. The zero-order valence-corrected chi connectivity index (χ0v) is 6.23. The quantitative estimate of drug-likeness (QED) is 0.515. The van der Waals surface area contributed by atoms with E-state index >= 15 is 0 Å². The van der Waals surface area contributed by atoms with Gasteiger partial charge in [-0.25, -0.2) is 4.39 Å². The highest BCUT2D eigenvalue weighted by Crippen LogP contribution is 2.31. The number of nitrogens with one attached hydrogen (secondary N) is 1. The fourth-order valence-electron chi connectivity index (χ4n) is 2.04. The molecule has 0 aromatic rings. The van der Waals surface area contributed by atoms with E-state index in [9.17, 15) is 4.39 Å². The van der Waals surface area contributed by atoms with E-state index in [0.717, 1.165) is 13.0 Å². The van der Waals surface area contributed by atoms with Crippen molar-refractivity contribution in [2.75, 3.05) is 26.7 Å². The molecule has 2 rings (SSSR count). The van der Waals surface area contributed by atoms with Crippen molar-refractivity contribution in [2.45, 2.75) is 18.1 Å². The fourth-order valence-corrected chi connectivity index (χ4v) is 2.04. The Labute approximate surface area is 60.4 Å². The SMILES string of the molecule is CN1CC2(F)CNCC1C2. The van der Waals surface area contributed by atoms with Crippen molar-refractivity contribution in [3.05, 3.63) is 0 Å². The summed E-state index contributed by atoms with van der Waals surface area (Å²) in [7, 11) is 2.00. The standard InChI is InChI=1S/C7H13FN2/c1-10-5-7(8)2-6(10)3-9-4-7/h6,9H,2-5H2,1H3. The Morgan fingerprint density at radius 3 is 3.10 bits per heavy atom. The molecule has 2 unspecified atom stereocenters. The minimum atomic E-state index is -0.919. The van der Waals surface area contributed by atoms with Gasteiger partial charge < -0.3 is 5.32 Å². The number of piperidine rings is 1. The molecule has 58 valence electrons. The molecule has 2 aliphatic rings. The molecular formula is C7H13FN2. The Morgan fingerprint density at radius 2 is 2.50 bits per heavy atom. The zero-order valence-electron chi connectivity index (χ0n) is 6.23. The predicted molar refractivity (Wildman–Crippen MR) is 37.7 cm³/mol. The highest BCUT2D eigenvalue weighted by atomic mass is 19.1. The summed E-state index contributed by atoms with van der Waals surface area (Å²) < 4.78 is 13.5. The second kappa shape index (κ2) is 1.92. The maximum Gasteiger partial charge on any atom is 0.137 e. The van der Waals surface area contributed by atoms with Crippen LogP contribution in [-0.4, -0.2) is 43.3 Å². The Bertz CT molecular complexity index is 147. The first-order chi connectivity index (χ1) is 4.70. The van der Waals surface area contributed by atoms with Gasteiger partial charge >= 0.3 is 0 Å². The minimum absolute atomic E-state index is 0.443. The van der Waals surface area contributed by atoms with Crippen molar-refractivity contribution in [2.24, 2.45) is 0 Å². The molecule has 2 nitrogen and oxygen atoms in total. The van der Waals surface area contributed by atoms with Gasteiger partial charge in [-0.15, -0.1) is 0 Å². The molecule has 0 amide bonds. The predicted octanol–water partition coefficient (Wildman–Crippen LogP) is 0.00200. The fraction of sp³-hybridized carbons (Fsp3) is 1.00. The first-order valence-corrected chi connectivity index (χ1v) is 3.79. The average Bonchev–Trinajstić information content (AvgIpc) is 2.03. The number of hydrogen-bond donors (Lipinski definition) is 1. The van der Waals surface area contributed by atoms with Gasteiger partial charge in [-0.1, -0.05) is 0 Å². The van der Waals surface area contributed by atoms with E-state index in [1.807, 2.05) is 7.05 Å². The zero-order chi connectivity index (χ0) is 7.19. The summed E-state index contributed by atoms with van der Waals surface area (Å²) >= 11 is 0. The lowest BCUT2D eigenvalue weighted by atomic mass is 9.99. The van der Waals surface area contributed by atoms with Crippen LogP contribution in [0.1, 0.15) is 6.42 Å². The van der Waals surface area contributed by atoms with E-state index in [1.165, 1.54) is 0 Å². The van der Waals surface area contributed by atoms with Crippen LogP contribution in [0.3, 0.4) is 0 Å². The topological polar surface area (TPSA) is 15.3 Å². The highest BCUT2D eigenvalue weighted by Gasteiger charge is 2.45. The molecule has 0 aromatic heterocycles. The summed E-state index contributed by atoms with van der Waals surface area (Å²) in [5.41, 5.74) is -0.919. The van der Waals surface area contributed by atoms with Crippen LogP contribution < -0.4 is 5.32 Å². The molecule has 2 fully saturated rings. The van der Waals surface area contributed by atoms with Crippen LogP contribution >= 0.6 is 0 Å². The van der Waals surface area contributed by atoms with E-state index in [0.29, 0.717) is 19.1 Å². The number of likely N-dealkylation sites (N-methyl/N-ethyl adjacent to an activating group) is 1. The molecule has 2 heterocycles. The van der Waals surface area contributed by atoms with Gasteiger partial charge in [-0.3, -0.25) is 4.90 Å². The van der Waals surface area contributed by atoms with Gasteiger partial charge in [0.1, 0.15) is 5.67 Å². The van der Waals surface area contributed by atoms with Crippen LogP contribution in [0.15, 0.2) is 0 Å². The largest absolute Gasteiger partial charge is 0.312 e. The van der Waals surface area contributed by atoms with Crippen molar-refractivity contribution in [1.29, 1.82) is 0 Å². The van der Waals surface area contributed by atoms with Crippen LogP contribution in [0.2, 0.25) is 0 Å². The van der Waals surface area contributed by atoms with Crippen molar-refractivity contribution < 1.29 is 4.39 Å². The van der Waals surface area contributed by atoms with Gasteiger partial charge in [-0.2, -0.15) is 0 Å². The van der Waals surface area contributed by atoms with E-state index in [2.05, 4.69) is 10.2 Å². The number of rotatable bonds is 0. The molecule has 0 aromatic carbocycles. The molecule has 2 saturated heterocycles. The van der Waals surface area contributed by atoms with Crippen LogP contribution in [0, 0.1) is 0 Å². The second-order valence-corrected chi connectivity index (χ2v) is 3.55. The Balaban J connectivity index is 2.16. The lowest BCUT2D eigenvalue weighted by Gasteiger charge is -2.24. The Kier molecular flexibility index (Phi) is 1.26. The third kappa shape index (κ3) is 0.847. The van der Waals surface area contributed by atoms with Gasteiger partial charge in [0.15, 0.2) is 0 Å². The molecular weight excluding hydrogens is 131 g/mol. The highest BCUT2D eigenvalue weighted by molar-refractivity contribution is 5.01. The summed E-state index contributed by atoms with van der Waals surface area (Å²) in [6.07, 6.45) is 0.733. The number of halogens is 1. The van der Waals surface area contributed by atoms with E-state index in [4.69, 9.17) is 0 Å². The molecule has 2 atom stereocenters. The van der Waals surface area contributed by atoms with Crippen LogP contribution in [0.25, 0.3) is 0 Å². The summed E-state index contributed by atoms with van der Waals surface area (Å²) in [5, 5.41) is 3.10. The van der Waals surface area contributed by atoms with Crippen molar-refractivity contribution >= 4 is 0 Å². The monoisotopic (exact) mass is 144 g/mol. The van der Waals surface area contributed by atoms with Crippen molar-refractivity contribution in [1.82, 2.24) is 10.2 Å². The number of hydrogen-bond acceptors (Lipinski definition) is 2. The minimum Gasteiger partial charge on any atom is -0.312 e. The van der Waals surface area contributed by atoms with Gasteiger partial charge in [0.05, 0.1) is 0 Å². The normalized spacial score (nSPS) is 48.0. The van der Waals surface area contributed by atoms with Gasteiger partial charge in [0, 0.05) is 32.1 Å². The number of nitrogens with zero attached hydrogens (tertiary/aromatic N) is 1. The van der Waals surface area contributed by atoms with E-state index in [1.54, 1.807) is 0 Å². The first kappa shape index (κ1) is 6.55. The molecule has 10 heavy (non-hydrogen) atoms. The molecule has 0 spiro atoms. The van der Waals surface area contributed by atoms with Gasteiger partial charge in [0.2, 0.25) is 0 Å². The number of fused-ring (bicyclic) bond motifs is 2. The summed E-state index contributed by atoms with van der Waals surface area (Å²) in [6.45, 7) is 2.13. The molecule has 1 N–H and O–H groups in total. The lowest BCUT2D eigenvalue weighted by Crippen LogP contribution is -2.44. The summed E-state index contributed by atoms with van der Waals surface area (Å²) in [4.78, 5) is 2.11. The average molecular weight is 144 g/mol. The third-order valence-electron chi connectivity index (χ3n) is 2.58. The molecule has 2 aliphatic heterocycles. The molecule has 0 radical (unpaired) electrons. The molecule has 0 aliphatic carbocycles. The van der Waals surface area contributed by atoms with Crippen LogP contribution in [0.4, 0.5) is 4.39 Å². The lowest BCUT2D eigenvalue weighted by molar-refractivity contribution is 0.163. The van der Waals surface area contributed by atoms with E-state index in [-0.39, 0.29) is 0 Å². The smallest absolute Gasteiger partial charge is 0.137 e. The maximum atomic E-state index is 13.5. The third-order valence-corrected chi connectivity index (χ3v) is 2.58. The number of alkyl halides is 1. The van der Waals surface area contributed by atoms with Crippen molar-refractivity contribution in [3.63, 3.8) is 0 Å². The van der Waals surface area contributed by atoms with E-state index < -0.39 is 5.67 Å². The first-order valence-electron chi connectivity index (χ1n) is 3.79. The Morgan fingerprint density at radius 1 is 1.70 bits per heavy atom. The molecule has 2 bridgehead atoms. The second-order valence-electron chi connectivity index (χ2n) is 3.55. The van der Waals surface area contributed by atoms with Crippen molar-refractivity contribution in [3.8, 4) is 0 Å². The molecule has 3 heteroatoms. The summed E-state index contributed by atoms with van der Waals surface area (Å²) in [5.74, 6) is 0. The summed E-state index contributed by atoms with van der Waals surface area (Å²) in [6, 6.07) is 0.443. The van der Waals surface area contributed by atoms with Crippen LogP contribution in [-0.2, 0) is 0 Å². The van der Waals surface area contributed by atoms with Crippen LogP contribution in [0.5, 0.6) is 0 Å².